The number of aliphatic hydroxyl groups excluding tert-OH is 1. The number of hydrogen-bond acceptors (Lipinski definition) is 3. The van der Waals surface area contributed by atoms with Gasteiger partial charge < -0.3 is 5.11 Å². The Labute approximate surface area is 111 Å². The molecule has 108 valence electrons. The van der Waals surface area contributed by atoms with Gasteiger partial charge in [-0.1, -0.05) is 18.9 Å². The summed E-state index contributed by atoms with van der Waals surface area (Å²) in [6.45, 7) is 0.216. The van der Waals surface area contributed by atoms with E-state index < -0.39 is 26.6 Å². The molecule has 0 fully saturated rings. The number of halogens is 2. The van der Waals surface area contributed by atoms with Gasteiger partial charge in [-0.15, -0.1) is 0 Å². The van der Waals surface area contributed by atoms with E-state index in [1.807, 2.05) is 0 Å². The summed E-state index contributed by atoms with van der Waals surface area (Å²) in [5.74, 6) is -2.21. The fraction of sp³-hybridized carbons (Fsp3) is 0.500. The molecule has 0 saturated carbocycles. The maximum Gasteiger partial charge on any atom is 0.246 e. The first kappa shape index (κ1) is 16.0. The van der Waals surface area contributed by atoms with E-state index in [-0.39, 0.29) is 13.2 Å². The van der Waals surface area contributed by atoms with Gasteiger partial charge in [-0.3, -0.25) is 0 Å². The van der Waals surface area contributed by atoms with E-state index in [2.05, 4.69) is 4.72 Å². The number of benzene rings is 1. The molecule has 19 heavy (non-hydrogen) atoms. The van der Waals surface area contributed by atoms with Crippen molar-refractivity contribution in [3.8, 4) is 0 Å². The fourth-order valence-corrected chi connectivity index (χ4v) is 2.82. The molecule has 1 aromatic rings. The normalized spacial score (nSPS) is 11.7. The third kappa shape index (κ3) is 4.85. The van der Waals surface area contributed by atoms with Crippen LogP contribution in [0.15, 0.2) is 23.1 Å². The molecule has 1 rings (SSSR count). The van der Waals surface area contributed by atoms with Crippen molar-refractivity contribution in [2.75, 3.05) is 13.2 Å². The maximum atomic E-state index is 13.3. The second kappa shape index (κ2) is 7.52. The van der Waals surface area contributed by atoms with Crippen molar-refractivity contribution >= 4 is 10.0 Å². The van der Waals surface area contributed by atoms with Gasteiger partial charge in [-0.05, 0) is 25.0 Å². The zero-order valence-corrected chi connectivity index (χ0v) is 11.2. The highest BCUT2D eigenvalue weighted by atomic mass is 32.2. The van der Waals surface area contributed by atoms with Crippen LogP contribution in [-0.2, 0) is 10.0 Å². The Morgan fingerprint density at radius 1 is 1.05 bits per heavy atom. The summed E-state index contributed by atoms with van der Waals surface area (Å²) >= 11 is 0. The minimum atomic E-state index is -4.16. The molecule has 2 N–H and O–H groups in total. The van der Waals surface area contributed by atoms with E-state index >= 15 is 0 Å². The first-order valence-corrected chi connectivity index (χ1v) is 7.52. The third-order valence-corrected chi connectivity index (χ3v) is 4.08. The smallest absolute Gasteiger partial charge is 0.246 e. The molecule has 4 nitrogen and oxygen atoms in total. The highest BCUT2D eigenvalue weighted by molar-refractivity contribution is 7.89. The van der Waals surface area contributed by atoms with Crippen molar-refractivity contribution in [1.29, 1.82) is 0 Å². The minimum absolute atomic E-state index is 0.103. The van der Waals surface area contributed by atoms with Gasteiger partial charge in [0.2, 0.25) is 10.0 Å². The van der Waals surface area contributed by atoms with Crippen LogP contribution in [0.1, 0.15) is 25.7 Å². The lowest BCUT2D eigenvalue weighted by Crippen LogP contribution is -2.26. The van der Waals surface area contributed by atoms with E-state index in [4.69, 9.17) is 5.11 Å². The topological polar surface area (TPSA) is 66.4 Å². The zero-order valence-electron chi connectivity index (χ0n) is 10.4. The summed E-state index contributed by atoms with van der Waals surface area (Å²) in [7, 11) is -4.16. The van der Waals surface area contributed by atoms with Gasteiger partial charge in [0.1, 0.15) is 11.6 Å². The van der Waals surface area contributed by atoms with Crippen LogP contribution in [0, 0.1) is 11.6 Å². The lowest BCUT2D eigenvalue weighted by molar-refractivity contribution is 0.282. The van der Waals surface area contributed by atoms with Crippen LogP contribution < -0.4 is 4.72 Å². The lowest BCUT2D eigenvalue weighted by atomic mass is 10.2. The SMILES string of the molecule is O=S(=O)(NCCCCCCO)c1c(F)cccc1F. The Bertz CT molecular complexity index is 485. The van der Waals surface area contributed by atoms with Crippen molar-refractivity contribution in [3.05, 3.63) is 29.8 Å². The molecule has 7 heteroatoms. The molecule has 0 spiro atoms. The number of aliphatic hydroxyl groups is 1. The molecular weight excluding hydrogens is 276 g/mol. The van der Waals surface area contributed by atoms with Gasteiger partial charge in [0.05, 0.1) is 0 Å². The molecule has 0 radical (unpaired) electrons. The molecule has 0 saturated heterocycles. The van der Waals surface area contributed by atoms with Crippen LogP contribution in [0.5, 0.6) is 0 Å². The molecular formula is C12H17F2NO3S. The average molecular weight is 293 g/mol. The van der Waals surface area contributed by atoms with Crippen molar-refractivity contribution in [3.63, 3.8) is 0 Å². The van der Waals surface area contributed by atoms with Crippen molar-refractivity contribution in [2.24, 2.45) is 0 Å². The van der Waals surface area contributed by atoms with Gasteiger partial charge in [0, 0.05) is 13.2 Å². The van der Waals surface area contributed by atoms with Crippen molar-refractivity contribution in [2.45, 2.75) is 30.6 Å². The number of rotatable bonds is 8. The summed E-state index contributed by atoms with van der Waals surface area (Å²) in [6.07, 6.45) is 2.74. The largest absolute Gasteiger partial charge is 0.396 e. The predicted octanol–water partition coefficient (Wildman–Crippen LogP) is 1.80. The number of hydrogen-bond donors (Lipinski definition) is 2. The molecule has 0 unspecified atom stereocenters. The molecule has 0 aromatic heterocycles. The Morgan fingerprint density at radius 3 is 2.21 bits per heavy atom. The summed E-state index contributed by atoms with van der Waals surface area (Å²) in [5.41, 5.74) is 0. The molecule has 0 aliphatic rings. The first-order valence-electron chi connectivity index (χ1n) is 6.03. The average Bonchev–Trinajstić information content (AvgIpc) is 2.33. The van der Waals surface area contributed by atoms with E-state index in [0.717, 1.165) is 31.0 Å². The van der Waals surface area contributed by atoms with Crippen LogP contribution in [0.2, 0.25) is 0 Å². The van der Waals surface area contributed by atoms with Crippen LogP contribution >= 0.6 is 0 Å². The van der Waals surface area contributed by atoms with E-state index in [0.29, 0.717) is 12.8 Å². The predicted molar refractivity (Wildman–Crippen MR) is 67.1 cm³/mol. The third-order valence-electron chi connectivity index (χ3n) is 2.56. The Kier molecular flexibility index (Phi) is 6.33. The lowest BCUT2D eigenvalue weighted by Gasteiger charge is -2.08. The number of sulfonamides is 1. The standard InChI is InChI=1S/C12H17F2NO3S/c13-10-6-5-7-11(14)12(10)19(17,18)15-8-3-1-2-4-9-16/h5-7,15-16H,1-4,8-9H2. The quantitative estimate of drug-likeness (QED) is 0.718. The Balaban J connectivity index is 2.57. The number of unbranched alkanes of at least 4 members (excludes halogenated alkanes) is 3. The Morgan fingerprint density at radius 2 is 1.63 bits per heavy atom. The fourth-order valence-electron chi connectivity index (χ4n) is 1.61. The zero-order chi connectivity index (χ0) is 14.3. The molecule has 0 aliphatic heterocycles. The molecule has 0 heterocycles. The molecule has 0 bridgehead atoms. The van der Waals surface area contributed by atoms with Gasteiger partial charge in [-0.2, -0.15) is 0 Å². The summed E-state index contributed by atoms with van der Waals surface area (Å²) in [6, 6.07) is 2.91. The van der Waals surface area contributed by atoms with Gasteiger partial charge in [0.25, 0.3) is 0 Å². The summed E-state index contributed by atoms with van der Waals surface area (Å²) < 4.78 is 52.3. The number of nitrogens with one attached hydrogen (secondary N) is 1. The monoisotopic (exact) mass is 293 g/mol. The Hall–Kier alpha value is -1.05. The van der Waals surface area contributed by atoms with Crippen LogP contribution in [-0.4, -0.2) is 26.7 Å². The van der Waals surface area contributed by atoms with E-state index in [1.54, 1.807) is 0 Å². The van der Waals surface area contributed by atoms with Crippen LogP contribution in [0.25, 0.3) is 0 Å². The van der Waals surface area contributed by atoms with Crippen molar-refractivity contribution < 1.29 is 22.3 Å². The second-order valence-corrected chi connectivity index (χ2v) is 5.79. The van der Waals surface area contributed by atoms with Gasteiger partial charge in [-0.25, -0.2) is 21.9 Å². The summed E-state index contributed by atoms with van der Waals surface area (Å²) in [5, 5.41) is 8.57. The first-order chi connectivity index (χ1) is 8.99. The van der Waals surface area contributed by atoms with Crippen molar-refractivity contribution in [1.82, 2.24) is 4.72 Å². The molecule has 0 aliphatic carbocycles. The highest BCUT2D eigenvalue weighted by Gasteiger charge is 2.22. The maximum absolute atomic E-state index is 13.3. The molecule has 0 amide bonds. The van der Waals surface area contributed by atoms with Crippen LogP contribution in [0.3, 0.4) is 0 Å². The minimum Gasteiger partial charge on any atom is -0.396 e. The molecule has 0 atom stereocenters. The van der Waals surface area contributed by atoms with E-state index in [9.17, 15) is 17.2 Å². The van der Waals surface area contributed by atoms with Gasteiger partial charge in [0.15, 0.2) is 4.90 Å². The van der Waals surface area contributed by atoms with Gasteiger partial charge >= 0.3 is 0 Å². The van der Waals surface area contributed by atoms with E-state index in [1.165, 1.54) is 0 Å². The molecule has 1 aromatic carbocycles. The van der Waals surface area contributed by atoms with Crippen LogP contribution in [0.4, 0.5) is 8.78 Å². The second-order valence-electron chi connectivity index (χ2n) is 4.09. The highest BCUT2D eigenvalue weighted by Crippen LogP contribution is 2.17. The summed E-state index contributed by atoms with van der Waals surface area (Å²) in [4.78, 5) is -0.939.